The molecular formula is C27H28N2O2. The lowest BCUT2D eigenvalue weighted by Crippen LogP contribution is -2.33. The molecule has 0 radical (unpaired) electrons. The number of para-hydroxylation sites is 1. The molecule has 5 rings (SSSR count). The van der Waals surface area contributed by atoms with E-state index in [4.69, 9.17) is 14.6 Å². The van der Waals surface area contributed by atoms with Gasteiger partial charge in [-0.15, -0.1) is 0 Å². The molecule has 0 N–H and O–H groups in total. The molecule has 158 valence electrons. The average molecular weight is 413 g/mol. The highest BCUT2D eigenvalue weighted by molar-refractivity contribution is 6.01. The maximum Gasteiger partial charge on any atom is 0.213 e. The summed E-state index contributed by atoms with van der Waals surface area (Å²) >= 11 is 0. The van der Waals surface area contributed by atoms with Crippen molar-refractivity contribution in [2.45, 2.75) is 44.9 Å². The van der Waals surface area contributed by atoms with Crippen LogP contribution in [0.2, 0.25) is 0 Å². The summed E-state index contributed by atoms with van der Waals surface area (Å²) in [6, 6.07) is 27.2. The first-order valence-corrected chi connectivity index (χ1v) is 11.2. The van der Waals surface area contributed by atoms with Gasteiger partial charge in [0.1, 0.15) is 11.5 Å². The molecule has 2 heterocycles. The van der Waals surface area contributed by atoms with Crippen LogP contribution in [0.5, 0.6) is 11.5 Å². The zero-order valence-corrected chi connectivity index (χ0v) is 17.9. The van der Waals surface area contributed by atoms with E-state index in [9.17, 15) is 0 Å². The van der Waals surface area contributed by atoms with Gasteiger partial charge in [-0.3, -0.25) is 0 Å². The number of hydrazone groups is 1. The van der Waals surface area contributed by atoms with Crippen molar-refractivity contribution in [1.29, 1.82) is 0 Å². The molecule has 2 aliphatic rings. The van der Waals surface area contributed by atoms with Gasteiger partial charge in [0.25, 0.3) is 0 Å². The van der Waals surface area contributed by atoms with Crippen molar-refractivity contribution in [3.8, 4) is 11.5 Å². The van der Waals surface area contributed by atoms with Crippen LogP contribution in [-0.4, -0.2) is 17.3 Å². The molecule has 0 saturated carbocycles. The lowest BCUT2D eigenvalue weighted by molar-refractivity contribution is -0.0190. The number of nitrogens with zero attached hydrogens (tertiary/aromatic N) is 2. The van der Waals surface area contributed by atoms with E-state index in [1.165, 1.54) is 24.0 Å². The molecule has 2 atom stereocenters. The Morgan fingerprint density at radius 1 is 0.935 bits per heavy atom. The molecule has 3 aromatic rings. The zero-order valence-electron chi connectivity index (χ0n) is 17.9. The molecule has 0 bridgehead atoms. The molecule has 0 fully saturated rings. The highest BCUT2D eigenvalue weighted by Crippen LogP contribution is 2.47. The van der Waals surface area contributed by atoms with Gasteiger partial charge in [-0.05, 0) is 42.3 Å². The van der Waals surface area contributed by atoms with Gasteiger partial charge in [0.15, 0.2) is 0 Å². The minimum Gasteiger partial charge on any atom is -0.494 e. The smallest absolute Gasteiger partial charge is 0.213 e. The highest BCUT2D eigenvalue weighted by Gasteiger charge is 2.40. The molecule has 0 aromatic heterocycles. The van der Waals surface area contributed by atoms with Crippen LogP contribution in [0.4, 0.5) is 0 Å². The predicted octanol–water partition coefficient (Wildman–Crippen LogP) is 6.50. The average Bonchev–Trinajstić information content (AvgIpc) is 3.28. The molecule has 0 spiro atoms. The second-order valence-electron chi connectivity index (χ2n) is 8.15. The van der Waals surface area contributed by atoms with E-state index in [-0.39, 0.29) is 12.3 Å². The molecule has 0 amide bonds. The number of ether oxygens (including phenoxy) is 2. The van der Waals surface area contributed by atoms with E-state index in [2.05, 4.69) is 66.5 Å². The maximum absolute atomic E-state index is 6.45. The molecule has 3 aromatic carbocycles. The first-order chi connectivity index (χ1) is 15.3. The molecule has 4 nitrogen and oxygen atoms in total. The summed E-state index contributed by atoms with van der Waals surface area (Å²) in [6.07, 6.45) is 4.11. The van der Waals surface area contributed by atoms with E-state index < -0.39 is 0 Å². The summed E-state index contributed by atoms with van der Waals surface area (Å²) < 4.78 is 12.3. The fourth-order valence-corrected chi connectivity index (χ4v) is 4.33. The normalized spacial score (nSPS) is 19.3. The Morgan fingerprint density at radius 3 is 2.52 bits per heavy atom. The molecular weight excluding hydrogens is 384 g/mol. The van der Waals surface area contributed by atoms with Crippen molar-refractivity contribution < 1.29 is 9.47 Å². The third-order valence-electron chi connectivity index (χ3n) is 5.99. The fourth-order valence-electron chi connectivity index (χ4n) is 4.33. The van der Waals surface area contributed by atoms with Crippen LogP contribution in [0.25, 0.3) is 0 Å². The van der Waals surface area contributed by atoms with Crippen LogP contribution in [0, 0.1) is 0 Å². The summed E-state index contributed by atoms with van der Waals surface area (Å²) in [5, 5.41) is 7.15. The van der Waals surface area contributed by atoms with E-state index in [0.717, 1.165) is 42.2 Å². The van der Waals surface area contributed by atoms with E-state index in [0.29, 0.717) is 0 Å². The number of hydrogen-bond donors (Lipinski definition) is 0. The Kier molecular flexibility index (Phi) is 5.61. The van der Waals surface area contributed by atoms with Crippen molar-refractivity contribution >= 4 is 5.71 Å². The van der Waals surface area contributed by atoms with Gasteiger partial charge in [0.05, 0.1) is 18.4 Å². The van der Waals surface area contributed by atoms with E-state index >= 15 is 0 Å². The van der Waals surface area contributed by atoms with Crippen molar-refractivity contribution in [1.82, 2.24) is 5.01 Å². The number of benzene rings is 3. The monoisotopic (exact) mass is 412 g/mol. The lowest BCUT2D eigenvalue weighted by atomic mass is 9.96. The molecule has 31 heavy (non-hydrogen) atoms. The topological polar surface area (TPSA) is 34.1 Å². The van der Waals surface area contributed by atoms with Crippen LogP contribution in [0.3, 0.4) is 0 Å². The van der Waals surface area contributed by atoms with Crippen LogP contribution in [-0.2, 0) is 0 Å². The Bertz CT molecular complexity index is 1050. The van der Waals surface area contributed by atoms with E-state index in [1.54, 1.807) is 0 Å². The Labute approximate surface area is 184 Å². The SMILES string of the molecule is CCCCCOc1ccc([C@@H]2Oc3ccccc3[C@@H]3CC(c4ccccc4)=NN32)cc1. The van der Waals surface area contributed by atoms with Crippen molar-refractivity contribution in [2.24, 2.45) is 5.10 Å². The summed E-state index contributed by atoms with van der Waals surface area (Å²) in [4.78, 5) is 0. The van der Waals surface area contributed by atoms with Gasteiger partial charge in [-0.25, -0.2) is 5.01 Å². The molecule has 4 heteroatoms. The minimum absolute atomic E-state index is 0.176. The highest BCUT2D eigenvalue weighted by atomic mass is 16.5. The van der Waals surface area contributed by atoms with Crippen molar-refractivity contribution in [3.05, 3.63) is 95.6 Å². The zero-order chi connectivity index (χ0) is 21.0. The summed E-state index contributed by atoms with van der Waals surface area (Å²) in [7, 11) is 0. The second-order valence-corrected chi connectivity index (χ2v) is 8.15. The van der Waals surface area contributed by atoms with Gasteiger partial charge in [0.2, 0.25) is 6.23 Å². The number of fused-ring (bicyclic) bond motifs is 3. The quantitative estimate of drug-likeness (QED) is 0.416. The van der Waals surface area contributed by atoms with Gasteiger partial charge in [0, 0.05) is 17.5 Å². The van der Waals surface area contributed by atoms with Crippen LogP contribution in [0.15, 0.2) is 84.0 Å². The fraction of sp³-hybridized carbons (Fsp3) is 0.296. The number of rotatable bonds is 7. The second kappa shape index (κ2) is 8.84. The van der Waals surface area contributed by atoms with Crippen molar-refractivity contribution in [2.75, 3.05) is 6.61 Å². The number of unbranched alkanes of at least 4 members (excludes halogenated alkanes) is 2. The van der Waals surface area contributed by atoms with Crippen molar-refractivity contribution in [3.63, 3.8) is 0 Å². The predicted molar refractivity (Wildman–Crippen MR) is 123 cm³/mol. The van der Waals surface area contributed by atoms with Crippen LogP contribution < -0.4 is 9.47 Å². The largest absolute Gasteiger partial charge is 0.494 e. The summed E-state index contributed by atoms with van der Waals surface area (Å²) in [6.45, 7) is 2.97. The van der Waals surface area contributed by atoms with Crippen LogP contribution >= 0.6 is 0 Å². The first kappa shape index (κ1) is 19.7. The standard InChI is InChI=1S/C27H28N2O2/c1-2-3-9-18-30-22-16-14-21(15-17-22)27-29-25(23-12-7-8-13-26(23)31-27)19-24(28-29)20-10-5-4-6-11-20/h4-8,10-17,25,27H,2-3,9,18-19H2,1H3/t25-,27-/m0/s1. The Hall–Kier alpha value is -3.27. The van der Waals surface area contributed by atoms with Gasteiger partial charge in [-0.1, -0.05) is 68.3 Å². The van der Waals surface area contributed by atoms with Crippen LogP contribution in [0.1, 0.15) is 61.6 Å². The van der Waals surface area contributed by atoms with Gasteiger partial charge >= 0.3 is 0 Å². The first-order valence-electron chi connectivity index (χ1n) is 11.2. The Balaban J connectivity index is 1.42. The minimum atomic E-state index is -0.254. The molecule has 0 unspecified atom stereocenters. The molecule has 0 saturated heterocycles. The third kappa shape index (κ3) is 4.02. The summed E-state index contributed by atoms with van der Waals surface area (Å²) in [5.74, 6) is 1.85. The Morgan fingerprint density at radius 2 is 1.71 bits per heavy atom. The lowest BCUT2D eigenvalue weighted by Gasteiger charge is -2.38. The number of hydrogen-bond acceptors (Lipinski definition) is 4. The maximum atomic E-state index is 6.45. The van der Waals surface area contributed by atoms with Gasteiger partial charge in [-0.2, -0.15) is 5.10 Å². The summed E-state index contributed by atoms with van der Waals surface area (Å²) in [5.41, 5.74) is 4.55. The third-order valence-corrected chi connectivity index (χ3v) is 5.99. The molecule has 2 aliphatic heterocycles. The van der Waals surface area contributed by atoms with Gasteiger partial charge < -0.3 is 9.47 Å². The van der Waals surface area contributed by atoms with E-state index in [1.807, 2.05) is 24.3 Å². The molecule has 0 aliphatic carbocycles.